The molecular formula is C18H21NO3. The lowest BCUT2D eigenvalue weighted by molar-refractivity contribution is 0.0953. The first-order chi connectivity index (χ1) is 10.7. The summed E-state index contributed by atoms with van der Waals surface area (Å²) in [6.45, 7) is 0.641. The van der Waals surface area contributed by atoms with E-state index < -0.39 is 0 Å². The van der Waals surface area contributed by atoms with Crippen molar-refractivity contribution in [2.24, 2.45) is 0 Å². The second kappa shape index (κ2) is 8.08. The maximum absolute atomic E-state index is 12.0. The molecule has 0 spiro atoms. The fraction of sp³-hybridized carbons (Fsp3) is 0.278. The lowest BCUT2D eigenvalue weighted by Crippen LogP contribution is -2.24. The lowest BCUT2D eigenvalue weighted by Gasteiger charge is -2.07. The summed E-state index contributed by atoms with van der Waals surface area (Å²) in [6, 6.07) is 15.1. The first-order valence-electron chi connectivity index (χ1n) is 7.28. The van der Waals surface area contributed by atoms with Gasteiger partial charge in [-0.1, -0.05) is 12.1 Å². The van der Waals surface area contributed by atoms with Gasteiger partial charge in [-0.2, -0.15) is 0 Å². The number of nitrogens with one attached hydrogen (secondary N) is 1. The molecule has 0 aromatic heterocycles. The van der Waals surface area contributed by atoms with Crippen LogP contribution < -0.4 is 14.8 Å². The van der Waals surface area contributed by atoms with Crippen LogP contribution in [0, 0.1) is 0 Å². The molecule has 0 aliphatic carbocycles. The highest BCUT2D eigenvalue weighted by atomic mass is 16.5. The number of aryl methyl sites for hydroxylation is 1. The first kappa shape index (κ1) is 15.9. The number of benzene rings is 2. The number of hydrogen-bond donors (Lipinski definition) is 1. The minimum Gasteiger partial charge on any atom is -0.497 e. The van der Waals surface area contributed by atoms with Crippen molar-refractivity contribution in [2.45, 2.75) is 12.8 Å². The molecule has 116 valence electrons. The molecule has 0 bridgehead atoms. The molecule has 0 unspecified atom stereocenters. The third-order valence-electron chi connectivity index (χ3n) is 3.41. The Bertz CT molecular complexity index is 608. The molecule has 0 atom stereocenters. The highest BCUT2D eigenvalue weighted by Gasteiger charge is 2.04. The molecule has 0 saturated heterocycles. The summed E-state index contributed by atoms with van der Waals surface area (Å²) < 4.78 is 10.3. The van der Waals surface area contributed by atoms with E-state index in [-0.39, 0.29) is 5.91 Å². The Hall–Kier alpha value is -2.49. The topological polar surface area (TPSA) is 47.6 Å². The fourth-order valence-corrected chi connectivity index (χ4v) is 2.17. The van der Waals surface area contributed by atoms with Crippen molar-refractivity contribution in [1.82, 2.24) is 5.32 Å². The largest absolute Gasteiger partial charge is 0.497 e. The number of methoxy groups -OCH3 is 2. The van der Waals surface area contributed by atoms with Crippen LogP contribution in [0.5, 0.6) is 11.5 Å². The van der Waals surface area contributed by atoms with Crippen LogP contribution in [0.15, 0.2) is 48.5 Å². The Morgan fingerprint density at radius 2 is 1.73 bits per heavy atom. The van der Waals surface area contributed by atoms with Gasteiger partial charge in [0.05, 0.1) is 14.2 Å². The summed E-state index contributed by atoms with van der Waals surface area (Å²) >= 11 is 0. The van der Waals surface area contributed by atoms with Gasteiger partial charge in [-0.05, 0) is 54.8 Å². The third kappa shape index (κ3) is 4.52. The monoisotopic (exact) mass is 299 g/mol. The minimum atomic E-state index is -0.0618. The molecule has 0 radical (unpaired) electrons. The normalized spacial score (nSPS) is 10.1. The zero-order valence-electron chi connectivity index (χ0n) is 13.0. The van der Waals surface area contributed by atoms with E-state index in [9.17, 15) is 4.79 Å². The highest BCUT2D eigenvalue weighted by molar-refractivity contribution is 5.94. The van der Waals surface area contributed by atoms with E-state index in [1.54, 1.807) is 38.5 Å². The Labute approximate surface area is 131 Å². The number of carbonyl (C=O) groups excluding carboxylic acids is 1. The summed E-state index contributed by atoms with van der Waals surface area (Å²) in [5.74, 6) is 1.54. The van der Waals surface area contributed by atoms with Gasteiger partial charge >= 0.3 is 0 Å². The van der Waals surface area contributed by atoms with Crippen molar-refractivity contribution < 1.29 is 14.3 Å². The molecule has 22 heavy (non-hydrogen) atoms. The standard InChI is InChI=1S/C18H21NO3/c1-21-16-10-8-15(9-11-16)18(20)19-12-4-6-14-5-3-7-17(13-14)22-2/h3,5,7-11,13H,4,6,12H2,1-2H3,(H,19,20). The van der Waals surface area contributed by atoms with Crippen LogP contribution in [0.2, 0.25) is 0 Å². The van der Waals surface area contributed by atoms with Gasteiger partial charge in [0, 0.05) is 12.1 Å². The molecule has 0 heterocycles. The van der Waals surface area contributed by atoms with E-state index in [0.29, 0.717) is 12.1 Å². The predicted molar refractivity (Wildman–Crippen MR) is 86.6 cm³/mol. The van der Waals surface area contributed by atoms with Crippen molar-refractivity contribution >= 4 is 5.91 Å². The fourth-order valence-electron chi connectivity index (χ4n) is 2.17. The van der Waals surface area contributed by atoms with Gasteiger partial charge in [-0.25, -0.2) is 0 Å². The van der Waals surface area contributed by atoms with Crippen molar-refractivity contribution in [3.63, 3.8) is 0 Å². The Kier molecular flexibility index (Phi) is 5.83. The van der Waals surface area contributed by atoms with Crippen molar-refractivity contribution in [3.05, 3.63) is 59.7 Å². The highest BCUT2D eigenvalue weighted by Crippen LogP contribution is 2.14. The van der Waals surface area contributed by atoms with Crippen LogP contribution in [0.4, 0.5) is 0 Å². The van der Waals surface area contributed by atoms with Gasteiger partial charge < -0.3 is 14.8 Å². The van der Waals surface area contributed by atoms with Gasteiger partial charge in [-0.15, -0.1) is 0 Å². The van der Waals surface area contributed by atoms with E-state index >= 15 is 0 Å². The zero-order valence-corrected chi connectivity index (χ0v) is 13.0. The summed E-state index contributed by atoms with van der Waals surface area (Å²) in [6.07, 6.45) is 1.79. The van der Waals surface area contributed by atoms with Crippen LogP contribution in [0.1, 0.15) is 22.3 Å². The molecular weight excluding hydrogens is 278 g/mol. The Balaban J connectivity index is 1.76. The summed E-state index contributed by atoms with van der Waals surface area (Å²) in [5, 5.41) is 2.92. The van der Waals surface area contributed by atoms with Gasteiger partial charge in [0.1, 0.15) is 11.5 Å². The maximum atomic E-state index is 12.0. The number of amides is 1. The second-order valence-corrected chi connectivity index (χ2v) is 4.94. The van der Waals surface area contributed by atoms with Gasteiger partial charge in [0.25, 0.3) is 5.91 Å². The van der Waals surface area contributed by atoms with E-state index in [1.165, 1.54) is 5.56 Å². The number of hydrogen-bond acceptors (Lipinski definition) is 3. The zero-order chi connectivity index (χ0) is 15.8. The van der Waals surface area contributed by atoms with Crippen LogP contribution in [0.25, 0.3) is 0 Å². The smallest absolute Gasteiger partial charge is 0.251 e. The van der Waals surface area contributed by atoms with Crippen LogP contribution in [0.3, 0.4) is 0 Å². The molecule has 0 saturated carbocycles. The molecule has 1 N–H and O–H groups in total. The Morgan fingerprint density at radius 3 is 2.41 bits per heavy atom. The van der Waals surface area contributed by atoms with E-state index in [2.05, 4.69) is 11.4 Å². The SMILES string of the molecule is COc1ccc(C(=O)NCCCc2cccc(OC)c2)cc1. The van der Waals surface area contributed by atoms with Crippen molar-refractivity contribution in [1.29, 1.82) is 0 Å². The number of ether oxygens (including phenoxy) is 2. The number of rotatable bonds is 7. The molecule has 2 aromatic carbocycles. The van der Waals surface area contributed by atoms with Crippen LogP contribution in [-0.2, 0) is 6.42 Å². The van der Waals surface area contributed by atoms with Gasteiger partial charge in [0.2, 0.25) is 0 Å². The first-order valence-corrected chi connectivity index (χ1v) is 7.28. The molecule has 4 heteroatoms. The molecule has 1 amide bonds. The molecule has 2 aromatic rings. The molecule has 0 fully saturated rings. The van der Waals surface area contributed by atoms with Crippen LogP contribution >= 0.6 is 0 Å². The molecule has 0 aliphatic rings. The average Bonchev–Trinajstić information content (AvgIpc) is 2.58. The lowest BCUT2D eigenvalue weighted by atomic mass is 10.1. The third-order valence-corrected chi connectivity index (χ3v) is 3.41. The Morgan fingerprint density at radius 1 is 1.00 bits per heavy atom. The van der Waals surface area contributed by atoms with Crippen molar-refractivity contribution in [2.75, 3.05) is 20.8 Å². The molecule has 0 aliphatic heterocycles. The predicted octanol–water partition coefficient (Wildman–Crippen LogP) is 3.07. The van der Waals surface area contributed by atoms with Crippen LogP contribution in [-0.4, -0.2) is 26.7 Å². The minimum absolute atomic E-state index is 0.0618. The molecule has 4 nitrogen and oxygen atoms in total. The second-order valence-electron chi connectivity index (χ2n) is 4.94. The average molecular weight is 299 g/mol. The number of carbonyl (C=O) groups is 1. The van der Waals surface area contributed by atoms with Crippen molar-refractivity contribution in [3.8, 4) is 11.5 Å². The van der Waals surface area contributed by atoms with E-state index in [1.807, 2.05) is 18.2 Å². The van der Waals surface area contributed by atoms with Gasteiger partial charge in [-0.3, -0.25) is 4.79 Å². The molecule has 2 rings (SSSR count). The quantitative estimate of drug-likeness (QED) is 0.799. The van der Waals surface area contributed by atoms with E-state index in [4.69, 9.17) is 9.47 Å². The summed E-state index contributed by atoms with van der Waals surface area (Å²) in [4.78, 5) is 12.0. The summed E-state index contributed by atoms with van der Waals surface area (Å²) in [5.41, 5.74) is 1.85. The summed E-state index contributed by atoms with van der Waals surface area (Å²) in [7, 11) is 3.27. The van der Waals surface area contributed by atoms with E-state index in [0.717, 1.165) is 24.3 Å². The van der Waals surface area contributed by atoms with Gasteiger partial charge in [0.15, 0.2) is 0 Å². The maximum Gasteiger partial charge on any atom is 0.251 e.